The normalized spacial score (nSPS) is 13.8. The van der Waals surface area contributed by atoms with Crippen LogP contribution in [0.3, 0.4) is 0 Å². The minimum absolute atomic E-state index is 0.110. The second-order valence-electron chi connectivity index (χ2n) is 3.87. The summed E-state index contributed by atoms with van der Waals surface area (Å²) in [6.45, 7) is 6.37. The minimum atomic E-state index is -0.110. The van der Waals surface area contributed by atoms with E-state index < -0.39 is 0 Å². The summed E-state index contributed by atoms with van der Waals surface area (Å²) in [7, 11) is 0. The first-order valence-electron chi connectivity index (χ1n) is 5.38. The second-order valence-corrected chi connectivity index (χ2v) is 3.87. The molecule has 1 N–H and O–H groups in total. The Bertz CT molecular complexity index is 83.0. The highest BCUT2D eigenvalue weighted by Gasteiger charge is 2.07. The molecular weight excluding hydrogens is 148 g/mol. The molecule has 0 rings (SSSR count). The van der Waals surface area contributed by atoms with Crippen LogP contribution in [-0.4, -0.2) is 11.2 Å². The van der Waals surface area contributed by atoms with Crippen molar-refractivity contribution in [1.82, 2.24) is 0 Å². The molecular formula is C11H24O. The first-order valence-corrected chi connectivity index (χ1v) is 5.38. The van der Waals surface area contributed by atoms with Gasteiger partial charge in [0.15, 0.2) is 0 Å². The molecule has 0 saturated carbocycles. The molecule has 0 saturated heterocycles. The molecule has 0 fully saturated rings. The third kappa shape index (κ3) is 6.66. The fourth-order valence-corrected chi connectivity index (χ4v) is 1.73. The number of hydrogen-bond donors (Lipinski definition) is 1. The van der Waals surface area contributed by atoms with E-state index in [2.05, 4.69) is 13.8 Å². The summed E-state index contributed by atoms with van der Waals surface area (Å²) in [6, 6.07) is 0. The molecule has 1 nitrogen and oxygen atoms in total. The highest BCUT2D eigenvalue weighted by atomic mass is 16.3. The Labute approximate surface area is 77.2 Å². The average Bonchev–Trinajstić information content (AvgIpc) is 2.01. The van der Waals surface area contributed by atoms with Gasteiger partial charge in [0.05, 0.1) is 6.10 Å². The Hall–Kier alpha value is -0.0400. The number of hydrogen-bond acceptors (Lipinski definition) is 1. The van der Waals surface area contributed by atoms with Crippen LogP contribution in [0, 0.1) is 5.92 Å². The van der Waals surface area contributed by atoms with E-state index in [0.717, 1.165) is 12.3 Å². The fraction of sp³-hybridized carbons (Fsp3) is 1.00. The number of aliphatic hydroxyl groups is 1. The molecule has 0 aromatic rings. The van der Waals surface area contributed by atoms with E-state index in [4.69, 9.17) is 5.11 Å². The topological polar surface area (TPSA) is 20.2 Å². The third-order valence-electron chi connectivity index (χ3n) is 2.39. The summed E-state index contributed by atoms with van der Waals surface area (Å²) in [4.78, 5) is 0. The van der Waals surface area contributed by atoms with Crippen LogP contribution >= 0.6 is 0 Å². The first-order chi connectivity index (χ1) is 5.70. The van der Waals surface area contributed by atoms with Gasteiger partial charge in [-0.2, -0.15) is 0 Å². The van der Waals surface area contributed by atoms with Crippen LogP contribution in [0.15, 0.2) is 0 Å². The maximum atomic E-state index is 9.14. The molecule has 0 radical (unpaired) electrons. The van der Waals surface area contributed by atoms with Crippen molar-refractivity contribution in [2.75, 3.05) is 0 Å². The summed E-state index contributed by atoms with van der Waals surface area (Å²) in [5.41, 5.74) is 0. The Morgan fingerprint density at radius 2 is 1.42 bits per heavy atom. The molecule has 1 atom stereocenters. The number of aliphatic hydroxyl groups excluding tert-OH is 1. The monoisotopic (exact) mass is 172 g/mol. The Kier molecular flexibility index (Phi) is 7.58. The molecule has 0 aliphatic rings. The zero-order valence-electron chi connectivity index (χ0n) is 8.84. The van der Waals surface area contributed by atoms with Crippen molar-refractivity contribution in [2.24, 2.45) is 5.92 Å². The summed E-state index contributed by atoms with van der Waals surface area (Å²) < 4.78 is 0. The zero-order valence-corrected chi connectivity index (χ0v) is 8.84. The zero-order chi connectivity index (χ0) is 9.40. The molecule has 0 heterocycles. The predicted molar refractivity (Wildman–Crippen MR) is 54.2 cm³/mol. The lowest BCUT2D eigenvalue weighted by Gasteiger charge is -2.15. The van der Waals surface area contributed by atoms with Crippen LogP contribution in [-0.2, 0) is 0 Å². The van der Waals surface area contributed by atoms with Crippen molar-refractivity contribution >= 4 is 0 Å². The van der Waals surface area contributed by atoms with Crippen molar-refractivity contribution in [3.63, 3.8) is 0 Å². The highest BCUT2D eigenvalue weighted by molar-refractivity contribution is 4.60. The van der Waals surface area contributed by atoms with E-state index in [1.165, 1.54) is 32.1 Å². The molecule has 0 aliphatic heterocycles. The van der Waals surface area contributed by atoms with Crippen molar-refractivity contribution in [1.29, 1.82) is 0 Å². The molecule has 0 bridgehead atoms. The van der Waals surface area contributed by atoms with Crippen LogP contribution < -0.4 is 0 Å². The van der Waals surface area contributed by atoms with Gasteiger partial charge in [-0.15, -0.1) is 0 Å². The average molecular weight is 172 g/mol. The van der Waals surface area contributed by atoms with Crippen molar-refractivity contribution in [3.8, 4) is 0 Å². The van der Waals surface area contributed by atoms with Gasteiger partial charge in [-0.1, -0.05) is 39.5 Å². The van der Waals surface area contributed by atoms with Gasteiger partial charge in [-0.3, -0.25) is 0 Å². The van der Waals surface area contributed by atoms with E-state index in [-0.39, 0.29) is 6.10 Å². The quantitative estimate of drug-likeness (QED) is 0.624. The Balaban J connectivity index is 3.48. The van der Waals surface area contributed by atoms with Gasteiger partial charge in [0.2, 0.25) is 0 Å². The van der Waals surface area contributed by atoms with Crippen LogP contribution in [0.2, 0.25) is 0 Å². The molecule has 74 valence electrons. The smallest absolute Gasteiger partial charge is 0.0512 e. The van der Waals surface area contributed by atoms with Gasteiger partial charge < -0.3 is 5.11 Å². The van der Waals surface area contributed by atoms with E-state index >= 15 is 0 Å². The van der Waals surface area contributed by atoms with Gasteiger partial charge in [0.1, 0.15) is 0 Å². The molecule has 0 amide bonds. The van der Waals surface area contributed by atoms with Gasteiger partial charge in [0.25, 0.3) is 0 Å². The van der Waals surface area contributed by atoms with Gasteiger partial charge in [0, 0.05) is 0 Å². The lowest BCUT2D eigenvalue weighted by atomic mass is 9.92. The number of rotatable bonds is 7. The Morgan fingerprint density at radius 3 is 1.75 bits per heavy atom. The molecule has 12 heavy (non-hydrogen) atoms. The van der Waals surface area contributed by atoms with Crippen molar-refractivity contribution in [3.05, 3.63) is 0 Å². The van der Waals surface area contributed by atoms with E-state index in [9.17, 15) is 0 Å². The predicted octanol–water partition coefficient (Wildman–Crippen LogP) is 3.36. The van der Waals surface area contributed by atoms with Crippen LogP contribution in [0.4, 0.5) is 0 Å². The van der Waals surface area contributed by atoms with Gasteiger partial charge >= 0.3 is 0 Å². The third-order valence-corrected chi connectivity index (χ3v) is 2.39. The van der Waals surface area contributed by atoms with E-state index in [0.29, 0.717) is 0 Å². The maximum absolute atomic E-state index is 9.14. The van der Waals surface area contributed by atoms with Gasteiger partial charge in [-0.25, -0.2) is 0 Å². The van der Waals surface area contributed by atoms with Crippen molar-refractivity contribution < 1.29 is 5.11 Å². The van der Waals surface area contributed by atoms with Crippen LogP contribution in [0.5, 0.6) is 0 Å². The lowest BCUT2D eigenvalue weighted by molar-refractivity contribution is 0.170. The molecule has 0 aromatic carbocycles. The highest BCUT2D eigenvalue weighted by Crippen LogP contribution is 2.19. The van der Waals surface area contributed by atoms with E-state index in [1.807, 2.05) is 6.92 Å². The summed E-state index contributed by atoms with van der Waals surface area (Å²) >= 11 is 0. The summed E-state index contributed by atoms with van der Waals surface area (Å²) in [6.07, 6.45) is 7.31. The van der Waals surface area contributed by atoms with Gasteiger partial charge in [-0.05, 0) is 25.7 Å². The largest absolute Gasteiger partial charge is 0.393 e. The SMILES string of the molecule is CCCC(CCC)CC[C@@H](C)O. The summed E-state index contributed by atoms with van der Waals surface area (Å²) in [5.74, 6) is 0.856. The second kappa shape index (κ2) is 7.60. The fourth-order valence-electron chi connectivity index (χ4n) is 1.73. The van der Waals surface area contributed by atoms with Crippen LogP contribution in [0.1, 0.15) is 59.3 Å². The molecule has 1 heteroatoms. The molecule has 0 spiro atoms. The molecule has 0 aromatic heterocycles. The Morgan fingerprint density at radius 1 is 0.917 bits per heavy atom. The molecule has 0 aliphatic carbocycles. The molecule has 0 unspecified atom stereocenters. The first kappa shape index (κ1) is 12.0. The standard InChI is InChI=1S/C11H24O/c1-4-6-11(7-5-2)9-8-10(3)12/h10-12H,4-9H2,1-3H3/t10-/m1/s1. The van der Waals surface area contributed by atoms with Crippen molar-refractivity contribution in [2.45, 2.75) is 65.4 Å². The lowest BCUT2D eigenvalue weighted by Crippen LogP contribution is -2.06. The minimum Gasteiger partial charge on any atom is -0.393 e. The van der Waals surface area contributed by atoms with Crippen LogP contribution in [0.25, 0.3) is 0 Å². The summed E-state index contributed by atoms with van der Waals surface area (Å²) in [5, 5.41) is 9.14. The van der Waals surface area contributed by atoms with E-state index in [1.54, 1.807) is 0 Å². The maximum Gasteiger partial charge on any atom is 0.0512 e.